The van der Waals surface area contributed by atoms with Crippen molar-refractivity contribution in [2.75, 3.05) is 6.54 Å². The smallest absolute Gasteiger partial charge is 0.103 e. The Labute approximate surface area is 94.9 Å². The van der Waals surface area contributed by atoms with Gasteiger partial charge in [-0.25, -0.2) is 4.98 Å². The molecular formula is C13H15N3. The Morgan fingerprint density at radius 1 is 1.25 bits per heavy atom. The molecule has 0 saturated carbocycles. The fourth-order valence-electron chi connectivity index (χ4n) is 2.35. The van der Waals surface area contributed by atoms with E-state index in [2.05, 4.69) is 39.6 Å². The zero-order valence-electron chi connectivity index (χ0n) is 9.33. The summed E-state index contributed by atoms with van der Waals surface area (Å²) in [5.41, 5.74) is 3.73. The Morgan fingerprint density at radius 3 is 2.88 bits per heavy atom. The zero-order valence-corrected chi connectivity index (χ0v) is 9.33. The van der Waals surface area contributed by atoms with Crippen molar-refractivity contribution in [2.45, 2.75) is 19.4 Å². The Balaban J connectivity index is 2.05. The van der Waals surface area contributed by atoms with Crippen LogP contribution in [0, 0.1) is 6.92 Å². The van der Waals surface area contributed by atoms with Crippen molar-refractivity contribution in [3.63, 3.8) is 0 Å². The topological polar surface area (TPSA) is 40.7 Å². The fourth-order valence-corrected chi connectivity index (χ4v) is 2.35. The molecule has 2 heterocycles. The third kappa shape index (κ3) is 1.53. The molecule has 1 aromatic heterocycles. The number of H-pyrrole nitrogens is 1. The van der Waals surface area contributed by atoms with E-state index in [4.69, 9.17) is 0 Å². The first-order valence-electron chi connectivity index (χ1n) is 5.68. The molecule has 1 atom stereocenters. The highest BCUT2D eigenvalue weighted by Gasteiger charge is 2.24. The Hall–Kier alpha value is -1.61. The predicted molar refractivity (Wildman–Crippen MR) is 63.3 cm³/mol. The molecule has 1 unspecified atom stereocenters. The molecule has 3 heteroatoms. The Bertz CT molecular complexity index is 487. The van der Waals surface area contributed by atoms with Crippen LogP contribution in [0.3, 0.4) is 0 Å². The number of hydrogen-bond donors (Lipinski definition) is 2. The van der Waals surface area contributed by atoms with Crippen molar-refractivity contribution in [2.24, 2.45) is 0 Å². The van der Waals surface area contributed by atoms with Crippen molar-refractivity contribution in [3.05, 3.63) is 53.1 Å². The monoisotopic (exact) mass is 213 g/mol. The van der Waals surface area contributed by atoms with Crippen LogP contribution in [0.1, 0.15) is 28.8 Å². The summed E-state index contributed by atoms with van der Waals surface area (Å²) in [6.45, 7) is 3.02. The maximum atomic E-state index is 4.59. The number of nitrogens with one attached hydrogen (secondary N) is 2. The third-order valence-corrected chi connectivity index (χ3v) is 3.06. The number of fused-ring (bicyclic) bond motifs is 1. The molecule has 2 N–H and O–H groups in total. The standard InChI is InChI=1S/C13H15N3/c1-9-15-11-7-8-14-12(13(11)16-9)10-5-3-2-4-6-10/h2-6,12,14H,7-8H2,1H3,(H,15,16). The van der Waals surface area contributed by atoms with Gasteiger partial charge < -0.3 is 10.3 Å². The number of hydrogen-bond acceptors (Lipinski definition) is 2. The van der Waals surface area contributed by atoms with E-state index in [-0.39, 0.29) is 6.04 Å². The average Bonchev–Trinajstić information content (AvgIpc) is 2.70. The van der Waals surface area contributed by atoms with E-state index in [1.54, 1.807) is 0 Å². The summed E-state index contributed by atoms with van der Waals surface area (Å²) < 4.78 is 0. The highest BCUT2D eigenvalue weighted by Crippen LogP contribution is 2.26. The summed E-state index contributed by atoms with van der Waals surface area (Å²) in [7, 11) is 0. The second kappa shape index (κ2) is 3.76. The molecule has 1 aliphatic rings. The number of benzene rings is 1. The summed E-state index contributed by atoms with van der Waals surface area (Å²) in [5.74, 6) is 1.01. The Morgan fingerprint density at radius 2 is 2.06 bits per heavy atom. The van der Waals surface area contributed by atoms with Crippen LogP contribution in [0.15, 0.2) is 30.3 Å². The predicted octanol–water partition coefficient (Wildman–Crippen LogP) is 1.95. The second-order valence-corrected chi connectivity index (χ2v) is 4.23. The van der Waals surface area contributed by atoms with Gasteiger partial charge in [0.25, 0.3) is 0 Å². The van der Waals surface area contributed by atoms with Gasteiger partial charge in [0.15, 0.2) is 0 Å². The van der Waals surface area contributed by atoms with Gasteiger partial charge in [-0.3, -0.25) is 0 Å². The third-order valence-electron chi connectivity index (χ3n) is 3.06. The summed E-state index contributed by atoms with van der Waals surface area (Å²) in [6.07, 6.45) is 1.04. The zero-order chi connectivity index (χ0) is 11.0. The van der Waals surface area contributed by atoms with Crippen molar-refractivity contribution in [1.29, 1.82) is 0 Å². The highest BCUT2D eigenvalue weighted by atomic mass is 15.0. The molecule has 16 heavy (non-hydrogen) atoms. The summed E-state index contributed by atoms with van der Waals surface area (Å²) in [4.78, 5) is 7.94. The van der Waals surface area contributed by atoms with E-state index >= 15 is 0 Å². The fraction of sp³-hybridized carbons (Fsp3) is 0.308. The normalized spacial score (nSPS) is 19.4. The van der Waals surface area contributed by atoms with E-state index in [0.29, 0.717) is 0 Å². The molecule has 0 bridgehead atoms. The minimum Gasteiger partial charge on any atom is -0.346 e. The minimum atomic E-state index is 0.245. The average molecular weight is 213 g/mol. The summed E-state index contributed by atoms with van der Waals surface area (Å²) >= 11 is 0. The van der Waals surface area contributed by atoms with Crippen LogP contribution in [0.5, 0.6) is 0 Å². The lowest BCUT2D eigenvalue weighted by molar-refractivity contribution is 0.553. The van der Waals surface area contributed by atoms with Crippen molar-refractivity contribution in [3.8, 4) is 0 Å². The molecule has 0 spiro atoms. The van der Waals surface area contributed by atoms with Crippen molar-refractivity contribution >= 4 is 0 Å². The van der Waals surface area contributed by atoms with Gasteiger partial charge in [-0.05, 0) is 12.5 Å². The van der Waals surface area contributed by atoms with Crippen LogP contribution in [0.25, 0.3) is 0 Å². The van der Waals surface area contributed by atoms with E-state index in [1.165, 1.54) is 11.3 Å². The van der Waals surface area contributed by atoms with Gasteiger partial charge in [0.1, 0.15) is 5.82 Å². The van der Waals surface area contributed by atoms with Gasteiger partial charge in [-0.15, -0.1) is 0 Å². The molecule has 0 amide bonds. The second-order valence-electron chi connectivity index (χ2n) is 4.23. The Kier molecular flexibility index (Phi) is 2.26. The number of aromatic nitrogens is 2. The lowest BCUT2D eigenvalue weighted by Gasteiger charge is -2.23. The van der Waals surface area contributed by atoms with Crippen molar-refractivity contribution < 1.29 is 0 Å². The number of nitrogens with zero attached hydrogens (tertiary/aromatic N) is 1. The van der Waals surface area contributed by atoms with Crippen LogP contribution in [0.4, 0.5) is 0 Å². The molecule has 1 aromatic carbocycles. The van der Waals surface area contributed by atoms with E-state index in [0.717, 1.165) is 24.5 Å². The van der Waals surface area contributed by atoms with Crippen LogP contribution in [0.2, 0.25) is 0 Å². The molecule has 3 rings (SSSR count). The lowest BCUT2D eigenvalue weighted by atomic mass is 9.98. The molecule has 0 saturated heterocycles. The lowest BCUT2D eigenvalue weighted by Crippen LogP contribution is -2.30. The molecule has 1 aliphatic heterocycles. The van der Waals surface area contributed by atoms with Gasteiger partial charge in [0, 0.05) is 18.7 Å². The quantitative estimate of drug-likeness (QED) is 0.760. The molecule has 0 aliphatic carbocycles. The summed E-state index contributed by atoms with van der Waals surface area (Å²) in [6, 6.07) is 10.7. The van der Waals surface area contributed by atoms with E-state index in [1.807, 2.05) is 13.0 Å². The van der Waals surface area contributed by atoms with E-state index in [9.17, 15) is 0 Å². The first-order chi connectivity index (χ1) is 7.84. The molecule has 82 valence electrons. The molecule has 2 aromatic rings. The first kappa shape index (κ1) is 9.60. The number of rotatable bonds is 1. The van der Waals surface area contributed by atoms with E-state index < -0.39 is 0 Å². The molecular weight excluding hydrogens is 198 g/mol. The van der Waals surface area contributed by atoms with Gasteiger partial charge in [-0.2, -0.15) is 0 Å². The molecule has 0 radical (unpaired) electrons. The van der Waals surface area contributed by atoms with Gasteiger partial charge >= 0.3 is 0 Å². The van der Waals surface area contributed by atoms with Gasteiger partial charge in [-0.1, -0.05) is 30.3 Å². The number of imidazole rings is 1. The van der Waals surface area contributed by atoms with Crippen LogP contribution in [-0.2, 0) is 6.42 Å². The minimum absolute atomic E-state index is 0.245. The number of aryl methyl sites for hydroxylation is 1. The van der Waals surface area contributed by atoms with Crippen LogP contribution >= 0.6 is 0 Å². The largest absolute Gasteiger partial charge is 0.346 e. The first-order valence-corrected chi connectivity index (χ1v) is 5.68. The maximum Gasteiger partial charge on any atom is 0.103 e. The highest BCUT2D eigenvalue weighted by molar-refractivity contribution is 5.32. The van der Waals surface area contributed by atoms with Crippen molar-refractivity contribution in [1.82, 2.24) is 15.3 Å². The maximum absolute atomic E-state index is 4.59. The van der Waals surface area contributed by atoms with Gasteiger partial charge in [0.05, 0.1) is 11.7 Å². The molecule has 0 fully saturated rings. The van der Waals surface area contributed by atoms with Gasteiger partial charge in [0.2, 0.25) is 0 Å². The van der Waals surface area contributed by atoms with Crippen LogP contribution < -0.4 is 5.32 Å². The number of aromatic amines is 1. The summed E-state index contributed by atoms with van der Waals surface area (Å²) in [5, 5.41) is 3.52. The van der Waals surface area contributed by atoms with Crippen LogP contribution in [-0.4, -0.2) is 16.5 Å². The SMILES string of the molecule is Cc1nc2c([nH]1)CCNC2c1ccccc1. The molecule has 3 nitrogen and oxygen atoms in total.